The first-order valence-electron chi connectivity index (χ1n) is 5.58. The molecule has 1 heteroatoms. The molecule has 0 aromatic heterocycles. The predicted octanol–water partition coefficient (Wildman–Crippen LogP) is 3.05. The highest BCUT2D eigenvalue weighted by atomic mass is 15.1. The average molecular weight is 169 g/mol. The summed E-state index contributed by atoms with van der Waals surface area (Å²) in [5.41, 5.74) is 0. The van der Waals surface area contributed by atoms with Crippen LogP contribution >= 0.6 is 0 Å². The van der Waals surface area contributed by atoms with E-state index in [1.54, 1.807) is 0 Å². The molecule has 1 saturated heterocycles. The molecule has 0 aromatic rings. The second-order valence-corrected chi connectivity index (χ2v) is 4.09. The maximum absolute atomic E-state index is 2.67. The van der Waals surface area contributed by atoms with Crippen LogP contribution in [-0.2, 0) is 0 Å². The molecule has 1 aliphatic rings. The van der Waals surface area contributed by atoms with Crippen LogP contribution in [0.4, 0.5) is 0 Å². The average Bonchev–Trinajstić information content (AvgIpc) is 2.09. The summed E-state index contributed by atoms with van der Waals surface area (Å²) in [5, 5.41) is 0. The summed E-state index contributed by atoms with van der Waals surface area (Å²) < 4.78 is 0. The van der Waals surface area contributed by atoms with E-state index in [4.69, 9.17) is 0 Å². The molecule has 1 fully saturated rings. The minimum Gasteiger partial charge on any atom is -0.301 e. The van der Waals surface area contributed by atoms with Gasteiger partial charge in [-0.3, -0.25) is 0 Å². The molecule has 0 bridgehead atoms. The summed E-state index contributed by atoms with van der Waals surface area (Å²) in [7, 11) is 0. The highest BCUT2D eigenvalue weighted by molar-refractivity contribution is 4.72. The van der Waals surface area contributed by atoms with Crippen molar-refractivity contribution < 1.29 is 0 Å². The molecule has 1 rings (SSSR count). The molecule has 0 saturated carbocycles. The Bertz CT molecular complexity index is 112. The molecule has 0 N–H and O–H groups in total. The smallest absolute Gasteiger partial charge is 0.00669 e. The largest absolute Gasteiger partial charge is 0.301 e. The van der Waals surface area contributed by atoms with Crippen LogP contribution in [-0.4, -0.2) is 24.0 Å². The van der Waals surface area contributed by atoms with Crippen molar-refractivity contribution in [2.45, 2.75) is 58.4 Å². The van der Waals surface area contributed by atoms with Crippen molar-refractivity contribution in [2.24, 2.45) is 0 Å². The molecular weight excluding hydrogens is 146 g/mol. The summed E-state index contributed by atoms with van der Waals surface area (Å²) in [6, 6.07) is 0.857. The van der Waals surface area contributed by atoms with Gasteiger partial charge in [-0.15, -0.1) is 0 Å². The topological polar surface area (TPSA) is 3.24 Å². The monoisotopic (exact) mass is 169 g/mol. The van der Waals surface area contributed by atoms with Gasteiger partial charge in [-0.25, -0.2) is 0 Å². The van der Waals surface area contributed by atoms with Gasteiger partial charge in [0.1, 0.15) is 0 Å². The molecule has 12 heavy (non-hydrogen) atoms. The van der Waals surface area contributed by atoms with E-state index >= 15 is 0 Å². The first kappa shape index (κ1) is 10.0. The molecule has 0 aromatic carbocycles. The number of hydrogen-bond acceptors (Lipinski definition) is 1. The van der Waals surface area contributed by atoms with Crippen molar-refractivity contribution in [1.29, 1.82) is 0 Å². The van der Waals surface area contributed by atoms with Gasteiger partial charge in [-0.2, -0.15) is 0 Å². The zero-order valence-corrected chi connectivity index (χ0v) is 8.68. The lowest BCUT2D eigenvalue weighted by atomic mass is 10.0. The van der Waals surface area contributed by atoms with Crippen molar-refractivity contribution in [3.05, 3.63) is 0 Å². The summed E-state index contributed by atoms with van der Waals surface area (Å²) in [5.74, 6) is 0. The fraction of sp³-hybridized carbons (Fsp3) is 1.00. The highest BCUT2D eigenvalue weighted by Gasteiger charge is 2.16. The van der Waals surface area contributed by atoms with Crippen LogP contribution in [0.2, 0.25) is 0 Å². The minimum absolute atomic E-state index is 0.857. The number of rotatable bonds is 4. The van der Waals surface area contributed by atoms with Gasteiger partial charge in [0.25, 0.3) is 0 Å². The van der Waals surface area contributed by atoms with Crippen molar-refractivity contribution in [1.82, 2.24) is 4.90 Å². The first-order valence-corrected chi connectivity index (χ1v) is 5.58. The number of piperidine rings is 1. The van der Waals surface area contributed by atoms with Crippen molar-refractivity contribution in [3.8, 4) is 0 Å². The molecule has 72 valence electrons. The summed E-state index contributed by atoms with van der Waals surface area (Å²) in [6.07, 6.45) is 8.46. The fourth-order valence-electron chi connectivity index (χ4n) is 2.05. The molecule has 1 heterocycles. The van der Waals surface area contributed by atoms with Crippen LogP contribution in [0.3, 0.4) is 0 Å². The van der Waals surface area contributed by atoms with E-state index in [0.717, 1.165) is 6.04 Å². The van der Waals surface area contributed by atoms with Crippen molar-refractivity contribution in [2.75, 3.05) is 13.1 Å². The lowest BCUT2D eigenvalue weighted by molar-refractivity contribution is 0.158. The van der Waals surface area contributed by atoms with Gasteiger partial charge in [0.05, 0.1) is 0 Å². The Morgan fingerprint density at radius 1 is 1.25 bits per heavy atom. The second-order valence-electron chi connectivity index (χ2n) is 4.09. The summed E-state index contributed by atoms with van der Waals surface area (Å²) in [6.45, 7) is 7.35. The molecule has 0 spiro atoms. The van der Waals surface area contributed by atoms with Crippen LogP contribution in [0, 0.1) is 0 Å². The molecule has 1 nitrogen and oxygen atoms in total. The lowest BCUT2D eigenvalue weighted by Crippen LogP contribution is -2.37. The van der Waals surface area contributed by atoms with Gasteiger partial charge in [0, 0.05) is 6.04 Å². The van der Waals surface area contributed by atoms with Gasteiger partial charge in [-0.1, -0.05) is 26.2 Å². The normalized spacial score (nSPS) is 26.0. The summed E-state index contributed by atoms with van der Waals surface area (Å²) >= 11 is 0. The van der Waals surface area contributed by atoms with Gasteiger partial charge in [-0.05, 0) is 39.3 Å². The molecule has 0 aliphatic carbocycles. The molecule has 1 atom stereocenters. The molecule has 0 amide bonds. The number of likely N-dealkylation sites (tertiary alicyclic amines) is 1. The first-order chi connectivity index (χ1) is 5.84. The third-order valence-electron chi connectivity index (χ3n) is 2.99. The van der Waals surface area contributed by atoms with E-state index < -0.39 is 0 Å². The summed E-state index contributed by atoms with van der Waals surface area (Å²) in [4.78, 5) is 2.67. The third-order valence-corrected chi connectivity index (χ3v) is 2.99. The van der Waals surface area contributed by atoms with Crippen LogP contribution in [0.5, 0.6) is 0 Å². The Labute approximate surface area is 77.1 Å². The highest BCUT2D eigenvalue weighted by Crippen LogP contribution is 2.16. The maximum atomic E-state index is 2.67. The second kappa shape index (κ2) is 5.58. The van der Waals surface area contributed by atoms with Gasteiger partial charge < -0.3 is 4.90 Å². The standard InChI is InChI=1S/C11H23N/c1-3-4-6-9-12-10-7-5-8-11(12)2/h11H,3-10H2,1-2H3. The molecular formula is C11H23N. The van der Waals surface area contributed by atoms with Gasteiger partial charge >= 0.3 is 0 Å². The third kappa shape index (κ3) is 3.14. The lowest BCUT2D eigenvalue weighted by Gasteiger charge is -2.33. The predicted molar refractivity (Wildman–Crippen MR) is 54.4 cm³/mol. The van der Waals surface area contributed by atoms with E-state index in [-0.39, 0.29) is 0 Å². The van der Waals surface area contributed by atoms with E-state index in [0.29, 0.717) is 0 Å². The zero-order chi connectivity index (χ0) is 8.81. The maximum Gasteiger partial charge on any atom is 0.00669 e. The van der Waals surface area contributed by atoms with Crippen molar-refractivity contribution >= 4 is 0 Å². The van der Waals surface area contributed by atoms with Gasteiger partial charge in [0.15, 0.2) is 0 Å². The van der Waals surface area contributed by atoms with E-state index in [1.807, 2.05) is 0 Å². The Morgan fingerprint density at radius 3 is 2.75 bits per heavy atom. The van der Waals surface area contributed by atoms with E-state index in [1.165, 1.54) is 51.6 Å². The molecule has 1 aliphatic heterocycles. The number of hydrogen-bond donors (Lipinski definition) is 0. The minimum atomic E-state index is 0.857. The van der Waals surface area contributed by atoms with E-state index in [9.17, 15) is 0 Å². The van der Waals surface area contributed by atoms with Crippen LogP contribution < -0.4 is 0 Å². The number of unbranched alkanes of at least 4 members (excludes halogenated alkanes) is 2. The quantitative estimate of drug-likeness (QED) is 0.585. The van der Waals surface area contributed by atoms with Crippen LogP contribution in [0.15, 0.2) is 0 Å². The Hall–Kier alpha value is -0.0400. The Morgan fingerprint density at radius 2 is 2.08 bits per heavy atom. The van der Waals surface area contributed by atoms with E-state index in [2.05, 4.69) is 18.7 Å². The molecule has 0 radical (unpaired) electrons. The number of nitrogens with zero attached hydrogens (tertiary/aromatic N) is 1. The Kier molecular flexibility index (Phi) is 4.67. The zero-order valence-electron chi connectivity index (χ0n) is 8.68. The Balaban J connectivity index is 2.11. The molecule has 1 unspecified atom stereocenters. The van der Waals surface area contributed by atoms with Crippen molar-refractivity contribution in [3.63, 3.8) is 0 Å². The van der Waals surface area contributed by atoms with Crippen LogP contribution in [0.25, 0.3) is 0 Å². The van der Waals surface area contributed by atoms with Crippen LogP contribution in [0.1, 0.15) is 52.4 Å². The SMILES string of the molecule is CCCCCN1CCCCC1C. The fourth-order valence-corrected chi connectivity index (χ4v) is 2.05. The van der Waals surface area contributed by atoms with Gasteiger partial charge in [0.2, 0.25) is 0 Å².